The molecule has 1 aromatic carbocycles. The highest BCUT2D eigenvalue weighted by molar-refractivity contribution is 14.1. The van der Waals surface area contributed by atoms with E-state index in [4.69, 9.17) is 5.73 Å². The highest BCUT2D eigenvalue weighted by Crippen LogP contribution is 2.31. The Morgan fingerprint density at radius 1 is 1.24 bits per heavy atom. The van der Waals surface area contributed by atoms with Crippen LogP contribution in [0.4, 0.5) is 0 Å². The van der Waals surface area contributed by atoms with E-state index in [2.05, 4.69) is 62.8 Å². The fraction of sp³-hybridized carbons (Fsp3) is 0.429. The largest absolute Gasteiger partial charge is 0.321 e. The zero-order chi connectivity index (χ0) is 12.3. The Balaban J connectivity index is 2.26. The highest BCUT2D eigenvalue weighted by Gasteiger charge is 2.16. The van der Waals surface area contributed by atoms with Crippen molar-refractivity contribution in [2.24, 2.45) is 5.73 Å². The lowest BCUT2D eigenvalue weighted by Gasteiger charge is -2.17. The summed E-state index contributed by atoms with van der Waals surface area (Å²) in [6.07, 6.45) is 8.63. The summed E-state index contributed by atoms with van der Waals surface area (Å²) in [6.45, 7) is 0. The van der Waals surface area contributed by atoms with Crippen LogP contribution in [0.5, 0.6) is 0 Å². The molecule has 2 rings (SSSR count). The van der Waals surface area contributed by atoms with Gasteiger partial charge < -0.3 is 5.73 Å². The van der Waals surface area contributed by atoms with Crippen LogP contribution in [0.3, 0.4) is 0 Å². The number of rotatable bonds is 2. The van der Waals surface area contributed by atoms with Gasteiger partial charge in [-0.3, -0.25) is 0 Å². The maximum atomic E-state index is 6.41. The second kappa shape index (κ2) is 6.34. The third kappa shape index (κ3) is 3.55. The van der Waals surface area contributed by atoms with E-state index < -0.39 is 0 Å². The van der Waals surface area contributed by atoms with Crippen LogP contribution < -0.4 is 5.73 Å². The normalized spacial score (nSPS) is 18.4. The minimum absolute atomic E-state index is 0.0671. The van der Waals surface area contributed by atoms with Gasteiger partial charge in [0.05, 0.1) is 6.04 Å². The molecule has 2 N–H and O–H groups in total. The molecule has 92 valence electrons. The third-order valence-corrected chi connectivity index (χ3v) is 4.74. The Morgan fingerprint density at radius 2 is 2.06 bits per heavy atom. The number of benzene rings is 1. The monoisotopic (exact) mass is 405 g/mol. The summed E-state index contributed by atoms with van der Waals surface area (Å²) in [6, 6.07) is 6.41. The topological polar surface area (TPSA) is 26.0 Å². The van der Waals surface area contributed by atoms with Gasteiger partial charge in [-0.25, -0.2) is 0 Å². The Kier molecular flexibility index (Phi) is 5.06. The molecule has 1 unspecified atom stereocenters. The Morgan fingerprint density at radius 3 is 2.88 bits per heavy atom. The van der Waals surface area contributed by atoms with Crippen LogP contribution in [0.2, 0.25) is 0 Å². The molecule has 0 heterocycles. The van der Waals surface area contributed by atoms with Gasteiger partial charge in [0, 0.05) is 8.04 Å². The highest BCUT2D eigenvalue weighted by atomic mass is 127. The molecule has 3 heteroatoms. The maximum Gasteiger partial charge on any atom is 0.0521 e. The Bertz CT molecular complexity index is 428. The first-order valence-electron chi connectivity index (χ1n) is 6.08. The number of hydrogen-bond acceptors (Lipinski definition) is 1. The predicted octanol–water partition coefficient (Wildman–Crippen LogP) is 4.94. The molecule has 0 radical (unpaired) electrons. The van der Waals surface area contributed by atoms with Crippen molar-refractivity contribution in [3.63, 3.8) is 0 Å². The van der Waals surface area contributed by atoms with Gasteiger partial charge in [0.1, 0.15) is 0 Å². The van der Waals surface area contributed by atoms with Gasteiger partial charge in [0.2, 0.25) is 0 Å². The van der Waals surface area contributed by atoms with Crippen molar-refractivity contribution >= 4 is 38.5 Å². The summed E-state index contributed by atoms with van der Waals surface area (Å²) in [7, 11) is 0. The SMILES string of the molecule is NC(C1=CCCCCC1)c1cc(Br)ccc1I. The average molecular weight is 406 g/mol. The van der Waals surface area contributed by atoms with E-state index in [1.54, 1.807) is 0 Å². The first-order valence-corrected chi connectivity index (χ1v) is 7.95. The molecule has 1 nitrogen and oxygen atoms in total. The van der Waals surface area contributed by atoms with Gasteiger partial charge in [-0.15, -0.1) is 0 Å². The van der Waals surface area contributed by atoms with Crippen molar-refractivity contribution in [3.05, 3.63) is 43.5 Å². The van der Waals surface area contributed by atoms with Crippen LogP contribution in [0, 0.1) is 3.57 Å². The molecule has 1 atom stereocenters. The van der Waals surface area contributed by atoms with Crippen molar-refractivity contribution in [1.82, 2.24) is 0 Å². The Labute approximate surface area is 125 Å². The smallest absolute Gasteiger partial charge is 0.0521 e. The quantitative estimate of drug-likeness (QED) is 0.547. The molecule has 0 aromatic heterocycles. The lowest BCUT2D eigenvalue weighted by atomic mass is 9.96. The van der Waals surface area contributed by atoms with Gasteiger partial charge in [-0.05, 0) is 72.0 Å². The molecule has 0 saturated heterocycles. The van der Waals surface area contributed by atoms with E-state index in [1.165, 1.54) is 40.4 Å². The predicted molar refractivity (Wildman–Crippen MR) is 85.0 cm³/mol. The molecule has 0 amide bonds. The van der Waals surface area contributed by atoms with Crippen molar-refractivity contribution < 1.29 is 0 Å². The van der Waals surface area contributed by atoms with Crippen molar-refractivity contribution in [2.45, 2.75) is 38.1 Å². The minimum Gasteiger partial charge on any atom is -0.321 e. The second-order valence-electron chi connectivity index (χ2n) is 4.52. The van der Waals surface area contributed by atoms with E-state index in [0.717, 1.165) is 10.9 Å². The molecule has 1 aliphatic carbocycles. The Hall–Kier alpha value is 0.130. The molecule has 1 aromatic rings. The third-order valence-electron chi connectivity index (χ3n) is 3.27. The molecular formula is C14H17BrIN. The zero-order valence-electron chi connectivity index (χ0n) is 9.76. The fourth-order valence-corrected chi connectivity index (χ4v) is 3.32. The van der Waals surface area contributed by atoms with Crippen LogP contribution in [0.1, 0.15) is 43.7 Å². The standard InChI is InChI=1S/C14H17BrIN/c15-11-7-8-13(16)12(9-11)14(17)10-5-3-1-2-4-6-10/h5,7-9,14H,1-4,6,17H2. The van der Waals surface area contributed by atoms with E-state index in [0.29, 0.717) is 0 Å². The van der Waals surface area contributed by atoms with Crippen LogP contribution in [0.15, 0.2) is 34.3 Å². The van der Waals surface area contributed by atoms with Gasteiger partial charge in [-0.1, -0.05) is 34.0 Å². The fourth-order valence-electron chi connectivity index (χ4n) is 2.27. The van der Waals surface area contributed by atoms with E-state index >= 15 is 0 Å². The summed E-state index contributed by atoms with van der Waals surface area (Å²) in [5, 5.41) is 0. The van der Waals surface area contributed by atoms with Gasteiger partial charge in [0.15, 0.2) is 0 Å². The van der Waals surface area contributed by atoms with E-state index in [9.17, 15) is 0 Å². The number of halogens is 2. The summed E-state index contributed by atoms with van der Waals surface area (Å²) >= 11 is 5.90. The first kappa shape index (κ1) is 13.6. The zero-order valence-corrected chi connectivity index (χ0v) is 13.5. The molecule has 0 saturated carbocycles. The number of nitrogens with two attached hydrogens (primary N) is 1. The lowest BCUT2D eigenvalue weighted by Crippen LogP contribution is -2.14. The molecule has 0 spiro atoms. The van der Waals surface area contributed by atoms with Crippen LogP contribution in [-0.4, -0.2) is 0 Å². The van der Waals surface area contributed by atoms with Gasteiger partial charge in [-0.2, -0.15) is 0 Å². The number of hydrogen-bond donors (Lipinski definition) is 1. The van der Waals surface area contributed by atoms with Crippen LogP contribution >= 0.6 is 38.5 Å². The van der Waals surface area contributed by atoms with Crippen molar-refractivity contribution in [2.75, 3.05) is 0 Å². The average Bonchev–Trinajstić information content (AvgIpc) is 2.60. The van der Waals surface area contributed by atoms with Crippen molar-refractivity contribution in [3.8, 4) is 0 Å². The molecular weight excluding hydrogens is 389 g/mol. The van der Waals surface area contributed by atoms with E-state index in [1.807, 2.05) is 0 Å². The lowest BCUT2D eigenvalue weighted by molar-refractivity contribution is 0.687. The summed E-state index contributed by atoms with van der Waals surface area (Å²) in [4.78, 5) is 0. The summed E-state index contributed by atoms with van der Waals surface area (Å²) in [5.74, 6) is 0. The van der Waals surface area contributed by atoms with Gasteiger partial charge >= 0.3 is 0 Å². The minimum atomic E-state index is 0.0671. The summed E-state index contributed by atoms with van der Waals surface area (Å²) < 4.78 is 2.36. The second-order valence-corrected chi connectivity index (χ2v) is 6.60. The molecule has 17 heavy (non-hydrogen) atoms. The molecule has 0 fully saturated rings. The van der Waals surface area contributed by atoms with Crippen LogP contribution in [-0.2, 0) is 0 Å². The van der Waals surface area contributed by atoms with Crippen molar-refractivity contribution in [1.29, 1.82) is 0 Å². The number of allylic oxidation sites excluding steroid dienone is 1. The molecule has 1 aliphatic rings. The molecule has 0 aliphatic heterocycles. The van der Waals surface area contributed by atoms with E-state index in [-0.39, 0.29) is 6.04 Å². The molecule has 0 bridgehead atoms. The van der Waals surface area contributed by atoms with Gasteiger partial charge in [0.25, 0.3) is 0 Å². The van der Waals surface area contributed by atoms with Crippen LogP contribution in [0.25, 0.3) is 0 Å². The first-order chi connectivity index (χ1) is 8.18. The summed E-state index contributed by atoms with van der Waals surface area (Å²) in [5.41, 5.74) is 9.07. The maximum absolute atomic E-state index is 6.41.